The van der Waals surface area contributed by atoms with Gasteiger partial charge in [0.25, 0.3) is 0 Å². The Balaban J connectivity index is 3.81. The van der Waals surface area contributed by atoms with E-state index in [1.54, 1.807) is 20.8 Å². The number of carbonyl (C=O) groups is 1. The number of hydrogen-bond donors (Lipinski definition) is 4. The third kappa shape index (κ3) is 16.6. The fraction of sp³-hybridized carbons (Fsp3) is 0.957. The van der Waals surface area contributed by atoms with Crippen LogP contribution in [-0.4, -0.2) is 51.9 Å². The Morgan fingerprint density at radius 3 is 1.72 bits per heavy atom. The van der Waals surface area contributed by atoms with Crippen LogP contribution in [0.15, 0.2) is 0 Å². The quantitative estimate of drug-likeness (QED) is 0.257. The standard InChI is InChI=1S/C23H47NO5/c1-5-6-7-8-9-10-11-12-13-14-15-16-17-20(26)21(27)19(18-25)24-22(28)29-23(2,3)4/h19-21,25-27H,5-18H2,1-4H3,(H,24,28)/t19?,20-,21-/m0/s1. The van der Waals surface area contributed by atoms with Crippen molar-refractivity contribution in [2.24, 2.45) is 0 Å². The van der Waals surface area contributed by atoms with E-state index in [0.717, 1.165) is 19.3 Å². The number of rotatable bonds is 17. The maximum atomic E-state index is 11.8. The summed E-state index contributed by atoms with van der Waals surface area (Å²) >= 11 is 0. The topological polar surface area (TPSA) is 99.0 Å². The third-order valence-electron chi connectivity index (χ3n) is 5.06. The summed E-state index contributed by atoms with van der Waals surface area (Å²) in [6.07, 6.45) is 12.4. The molecule has 174 valence electrons. The minimum absolute atomic E-state index is 0.449. The number of ether oxygens (including phenoxy) is 1. The van der Waals surface area contributed by atoms with Crippen LogP contribution < -0.4 is 5.32 Å². The molecule has 0 aliphatic carbocycles. The number of aliphatic hydroxyl groups excluding tert-OH is 3. The van der Waals surface area contributed by atoms with Gasteiger partial charge >= 0.3 is 6.09 Å². The molecule has 0 saturated heterocycles. The first-order valence-electron chi connectivity index (χ1n) is 11.7. The molecule has 0 aromatic heterocycles. The van der Waals surface area contributed by atoms with E-state index in [-0.39, 0.29) is 0 Å². The van der Waals surface area contributed by atoms with Crippen molar-refractivity contribution in [3.8, 4) is 0 Å². The molecule has 6 nitrogen and oxygen atoms in total. The molecule has 0 aliphatic heterocycles. The smallest absolute Gasteiger partial charge is 0.408 e. The monoisotopic (exact) mass is 417 g/mol. The van der Waals surface area contributed by atoms with E-state index < -0.39 is 36.6 Å². The molecule has 29 heavy (non-hydrogen) atoms. The molecule has 1 unspecified atom stereocenters. The van der Waals surface area contributed by atoms with Gasteiger partial charge in [0, 0.05) is 0 Å². The molecule has 0 aromatic carbocycles. The average Bonchev–Trinajstić information content (AvgIpc) is 2.64. The van der Waals surface area contributed by atoms with Crippen molar-refractivity contribution in [2.75, 3.05) is 6.61 Å². The molecule has 0 saturated carbocycles. The van der Waals surface area contributed by atoms with Crippen molar-refractivity contribution in [3.63, 3.8) is 0 Å². The normalized spacial score (nSPS) is 15.0. The van der Waals surface area contributed by atoms with E-state index in [2.05, 4.69) is 12.2 Å². The fourth-order valence-corrected chi connectivity index (χ4v) is 3.33. The van der Waals surface area contributed by atoms with Gasteiger partial charge < -0.3 is 25.4 Å². The molecule has 4 N–H and O–H groups in total. The zero-order valence-corrected chi connectivity index (χ0v) is 19.3. The van der Waals surface area contributed by atoms with Gasteiger partial charge in [-0.3, -0.25) is 0 Å². The zero-order chi connectivity index (χ0) is 22.1. The van der Waals surface area contributed by atoms with E-state index in [1.807, 2.05) is 0 Å². The van der Waals surface area contributed by atoms with E-state index in [0.29, 0.717) is 6.42 Å². The minimum Gasteiger partial charge on any atom is -0.444 e. The van der Waals surface area contributed by atoms with Crippen LogP contribution in [0.25, 0.3) is 0 Å². The Bertz CT molecular complexity index is 397. The Labute approximate surface area is 178 Å². The van der Waals surface area contributed by atoms with Crippen LogP contribution in [0, 0.1) is 0 Å². The number of carbonyl (C=O) groups excluding carboxylic acids is 1. The summed E-state index contributed by atoms with van der Waals surface area (Å²) in [5.74, 6) is 0. The number of unbranched alkanes of at least 4 members (excludes halogenated alkanes) is 11. The summed E-state index contributed by atoms with van der Waals surface area (Å²) in [4.78, 5) is 11.8. The van der Waals surface area contributed by atoms with Gasteiger partial charge in [0.2, 0.25) is 0 Å². The molecule has 0 radical (unpaired) electrons. The molecule has 0 bridgehead atoms. The Morgan fingerprint density at radius 2 is 1.31 bits per heavy atom. The van der Waals surface area contributed by atoms with Gasteiger partial charge in [0.15, 0.2) is 0 Å². The molecule has 3 atom stereocenters. The van der Waals surface area contributed by atoms with Crippen molar-refractivity contribution in [1.29, 1.82) is 0 Å². The van der Waals surface area contributed by atoms with Gasteiger partial charge in [0.1, 0.15) is 11.7 Å². The fourth-order valence-electron chi connectivity index (χ4n) is 3.33. The second kappa shape index (κ2) is 16.9. The zero-order valence-electron chi connectivity index (χ0n) is 19.3. The van der Waals surface area contributed by atoms with Crippen LogP contribution in [0.4, 0.5) is 4.79 Å². The first-order valence-corrected chi connectivity index (χ1v) is 11.7. The lowest BCUT2D eigenvalue weighted by Gasteiger charge is -2.28. The SMILES string of the molecule is CCCCCCCCCCCCCC[C@H](O)[C@@H](O)C(CO)NC(=O)OC(C)(C)C. The van der Waals surface area contributed by atoms with E-state index in [9.17, 15) is 20.1 Å². The van der Waals surface area contributed by atoms with Crippen LogP contribution in [0.5, 0.6) is 0 Å². The molecule has 0 aromatic rings. The predicted molar refractivity (Wildman–Crippen MR) is 118 cm³/mol. The second-order valence-corrected chi connectivity index (χ2v) is 9.17. The molecule has 6 heteroatoms. The van der Waals surface area contributed by atoms with E-state index >= 15 is 0 Å². The number of hydrogen-bond acceptors (Lipinski definition) is 5. The van der Waals surface area contributed by atoms with Crippen molar-refractivity contribution in [2.45, 2.75) is 135 Å². The molecule has 0 aliphatic rings. The molecular formula is C23H47NO5. The van der Waals surface area contributed by atoms with Gasteiger partial charge in [-0.1, -0.05) is 84.0 Å². The number of aliphatic hydroxyl groups is 3. The number of amides is 1. The Hall–Kier alpha value is -0.850. The van der Waals surface area contributed by atoms with Gasteiger partial charge in [-0.15, -0.1) is 0 Å². The number of nitrogens with one attached hydrogen (secondary N) is 1. The lowest BCUT2D eigenvalue weighted by molar-refractivity contribution is -0.0248. The highest BCUT2D eigenvalue weighted by Crippen LogP contribution is 2.15. The highest BCUT2D eigenvalue weighted by atomic mass is 16.6. The summed E-state index contributed by atoms with van der Waals surface area (Å²) < 4.78 is 5.12. The van der Waals surface area contributed by atoms with Gasteiger partial charge in [-0.05, 0) is 27.2 Å². The van der Waals surface area contributed by atoms with Crippen LogP contribution in [-0.2, 0) is 4.74 Å². The highest BCUT2D eigenvalue weighted by Gasteiger charge is 2.28. The van der Waals surface area contributed by atoms with Crippen molar-refractivity contribution >= 4 is 6.09 Å². The maximum absolute atomic E-state index is 11.8. The Morgan fingerprint density at radius 1 is 0.862 bits per heavy atom. The lowest BCUT2D eigenvalue weighted by atomic mass is 9.99. The summed E-state index contributed by atoms with van der Waals surface area (Å²) in [6, 6.07) is -0.947. The first kappa shape index (κ1) is 28.1. The third-order valence-corrected chi connectivity index (χ3v) is 5.06. The average molecular weight is 418 g/mol. The van der Waals surface area contributed by atoms with Crippen molar-refractivity contribution in [3.05, 3.63) is 0 Å². The van der Waals surface area contributed by atoms with Crippen molar-refractivity contribution in [1.82, 2.24) is 5.32 Å². The van der Waals surface area contributed by atoms with Crippen LogP contribution in [0.3, 0.4) is 0 Å². The highest BCUT2D eigenvalue weighted by molar-refractivity contribution is 5.68. The molecule has 0 fully saturated rings. The summed E-state index contributed by atoms with van der Waals surface area (Å²) in [5.41, 5.74) is -0.664. The maximum Gasteiger partial charge on any atom is 0.408 e. The lowest BCUT2D eigenvalue weighted by Crippen LogP contribution is -2.51. The Kier molecular flexibility index (Phi) is 16.4. The molecule has 0 spiro atoms. The molecule has 1 amide bonds. The summed E-state index contributed by atoms with van der Waals surface area (Å²) in [5, 5.41) is 32.2. The predicted octanol–water partition coefficient (Wildman–Crippen LogP) is 4.69. The van der Waals surface area contributed by atoms with Crippen LogP contribution >= 0.6 is 0 Å². The van der Waals surface area contributed by atoms with Gasteiger partial charge in [-0.25, -0.2) is 4.79 Å². The van der Waals surface area contributed by atoms with Crippen molar-refractivity contribution < 1.29 is 24.9 Å². The summed E-state index contributed by atoms with van der Waals surface area (Å²) in [6.45, 7) is 6.99. The van der Waals surface area contributed by atoms with E-state index in [1.165, 1.54) is 57.8 Å². The van der Waals surface area contributed by atoms with Crippen LogP contribution in [0.1, 0.15) is 111 Å². The molecular weight excluding hydrogens is 370 g/mol. The number of alkyl carbamates (subject to hydrolysis) is 1. The molecule has 0 rings (SSSR count). The largest absolute Gasteiger partial charge is 0.444 e. The molecule has 0 heterocycles. The summed E-state index contributed by atoms with van der Waals surface area (Å²) in [7, 11) is 0. The second-order valence-electron chi connectivity index (χ2n) is 9.17. The van der Waals surface area contributed by atoms with Gasteiger partial charge in [0.05, 0.1) is 18.8 Å². The first-order chi connectivity index (χ1) is 13.7. The minimum atomic E-state index is -1.22. The van der Waals surface area contributed by atoms with E-state index in [4.69, 9.17) is 4.74 Å². The van der Waals surface area contributed by atoms with Crippen LogP contribution in [0.2, 0.25) is 0 Å². The van der Waals surface area contributed by atoms with Gasteiger partial charge in [-0.2, -0.15) is 0 Å².